The SMILES string of the molecule is CCNC(=NCc1ccc(OC)c(NC(C)=O)c1)NCCCCSC. The lowest BCUT2D eigenvalue weighted by atomic mass is 10.2. The van der Waals surface area contributed by atoms with Gasteiger partial charge in [0.05, 0.1) is 19.3 Å². The molecule has 0 atom stereocenters. The number of benzene rings is 1. The molecule has 0 fully saturated rings. The number of ether oxygens (including phenoxy) is 1. The number of amides is 1. The van der Waals surface area contributed by atoms with E-state index in [1.807, 2.05) is 36.9 Å². The third kappa shape index (κ3) is 8.67. The minimum atomic E-state index is -0.126. The summed E-state index contributed by atoms with van der Waals surface area (Å²) in [6.07, 6.45) is 4.45. The molecule has 0 saturated heterocycles. The zero-order valence-electron chi connectivity index (χ0n) is 15.6. The van der Waals surface area contributed by atoms with E-state index in [0.717, 1.165) is 31.0 Å². The van der Waals surface area contributed by atoms with Crippen molar-refractivity contribution in [1.29, 1.82) is 0 Å². The zero-order chi connectivity index (χ0) is 18.5. The number of nitrogens with one attached hydrogen (secondary N) is 3. The third-order valence-corrected chi connectivity index (χ3v) is 4.10. The van der Waals surface area contributed by atoms with Crippen LogP contribution in [0, 0.1) is 0 Å². The van der Waals surface area contributed by atoms with Crippen molar-refractivity contribution < 1.29 is 9.53 Å². The second kappa shape index (κ2) is 12.5. The largest absolute Gasteiger partial charge is 0.495 e. The van der Waals surface area contributed by atoms with Crippen LogP contribution in [0.15, 0.2) is 23.2 Å². The number of hydrogen-bond acceptors (Lipinski definition) is 4. The maximum atomic E-state index is 11.3. The molecule has 0 bridgehead atoms. The van der Waals surface area contributed by atoms with Gasteiger partial charge in [-0.15, -0.1) is 0 Å². The van der Waals surface area contributed by atoms with Crippen LogP contribution in [-0.2, 0) is 11.3 Å². The first-order valence-corrected chi connectivity index (χ1v) is 9.95. The van der Waals surface area contributed by atoms with Crippen molar-refractivity contribution >= 4 is 29.3 Å². The molecule has 0 aliphatic rings. The van der Waals surface area contributed by atoms with E-state index in [2.05, 4.69) is 27.2 Å². The van der Waals surface area contributed by atoms with Gasteiger partial charge in [0.1, 0.15) is 5.75 Å². The molecule has 0 saturated carbocycles. The number of hydrogen-bond donors (Lipinski definition) is 3. The Bertz CT molecular complexity index is 564. The van der Waals surface area contributed by atoms with Gasteiger partial charge in [0.15, 0.2) is 5.96 Å². The van der Waals surface area contributed by atoms with E-state index >= 15 is 0 Å². The normalized spacial score (nSPS) is 11.1. The van der Waals surface area contributed by atoms with Crippen molar-refractivity contribution in [2.45, 2.75) is 33.2 Å². The van der Waals surface area contributed by atoms with Crippen molar-refractivity contribution in [3.05, 3.63) is 23.8 Å². The lowest BCUT2D eigenvalue weighted by molar-refractivity contribution is -0.114. The van der Waals surface area contributed by atoms with Crippen LogP contribution in [0.3, 0.4) is 0 Å². The maximum Gasteiger partial charge on any atom is 0.221 e. The second-order valence-electron chi connectivity index (χ2n) is 5.54. The van der Waals surface area contributed by atoms with E-state index in [1.165, 1.54) is 19.1 Å². The topological polar surface area (TPSA) is 74.8 Å². The Morgan fingerprint density at radius 1 is 1.28 bits per heavy atom. The fourth-order valence-electron chi connectivity index (χ4n) is 2.23. The van der Waals surface area contributed by atoms with E-state index in [0.29, 0.717) is 18.0 Å². The first-order valence-electron chi connectivity index (χ1n) is 8.56. The minimum absolute atomic E-state index is 0.126. The van der Waals surface area contributed by atoms with Gasteiger partial charge in [0, 0.05) is 20.0 Å². The van der Waals surface area contributed by atoms with Crippen molar-refractivity contribution in [1.82, 2.24) is 10.6 Å². The summed E-state index contributed by atoms with van der Waals surface area (Å²) in [6, 6.07) is 5.69. The number of unbranched alkanes of at least 4 members (excludes halogenated alkanes) is 1. The molecule has 0 aliphatic carbocycles. The molecule has 0 heterocycles. The molecule has 1 amide bonds. The van der Waals surface area contributed by atoms with Crippen molar-refractivity contribution in [2.75, 3.05) is 37.5 Å². The van der Waals surface area contributed by atoms with Gasteiger partial charge < -0.3 is 20.7 Å². The van der Waals surface area contributed by atoms with E-state index in [-0.39, 0.29) is 5.91 Å². The Labute approximate surface area is 155 Å². The molecule has 1 aromatic carbocycles. The predicted octanol–water partition coefficient (Wildman–Crippen LogP) is 2.85. The molecule has 0 radical (unpaired) electrons. The van der Waals surface area contributed by atoms with Gasteiger partial charge in [-0.05, 0) is 49.5 Å². The molecule has 6 nitrogen and oxygen atoms in total. The highest BCUT2D eigenvalue weighted by Gasteiger charge is 2.06. The van der Waals surface area contributed by atoms with E-state index < -0.39 is 0 Å². The summed E-state index contributed by atoms with van der Waals surface area (Å²) in [5, 5.41) is 9.39. The molecule has 3 N–H and O–H groups in total. The van der Waals surface area contributed by atoms with Crippen LogP contribution in [0.4, 0.5) is 5.69 Å². The number of carbonyl (C=O) groups is 1. The standard InChI is InChI=1S/C18H30N4O2S/c1-5-19-18(20-10-6-7-11-25-4)21-13-15-8-9-17(24-3)16(12-15)22-14(2)23/h8-9,12H,5-7,10-11,13H2,1-4H3,(H,22,23)(H2,19,20,21). The number of thioether (sulfide) groups is 1. The Morgan fingerprint density at radius 3 is 2.72 bits per heavy atom. The van der Waals surface area contributed by atoms with Gasteiger partial charge >= 0.3 is 0 Å². The van der Waals surface area contributed by atoms with Crippen LogP contribution in [0.2, 0.25) is 0 Å². The summed E-state index contributed by atoms with van der Waals surface area (Å²) in [5.74, 6) is 2.51. The Hall–Kier alpha value is -1.89. The fourth-order valence-corrected chi connectivity index (χ4v) is 2.72. The average Bonchev–Trinajstić information content (AvgIpc) is 2.59. The summed E-state index contributed by atoms with van der Waals surface area (Å²) < 4.78 is 5.27. The Kier molecular flexibility index (Phi) is 10.6. The summed E-state index contributed by atoms with van der Waals surface area (Å²) >= 11 is 1.87. The monoisotopic (exact) mass is 366 g/mol. The smallest absolute Gasteiger partial charge is 0.221 e. The molecule has 0 aliphatic heterocycles. The van der Waals surface area contributed by atoms with Crippen LogP contribution in [-0.4, -0.2) is 44.1 Å². The number of guanidine groups is 1. The summed E-state index contributed by atoms with van der Waals surface area (Å²) in [4.78, 5) is 15.9. The van der Waals surface area contributed by atoms with E-state index in [9.17, 15) is 4.79 Å². The summed E-state index contributed by atoms with van der Waals surface area (Å²) in [5.41, 5.74) is 1.67. The Balaban J connectivity index is 2.69. The summed E-state index contributed by atoms with van der Waals surface area (Å²) in [6.45, 7) is 5.78. The second-order valence-corrected chi connectivity index (χ2v) is 6.52. The van der Waals surface area contributed by atoms with Gasteiger partial charge in [-0.3, -0.25) is 4.79 Å². The number of nitrogens with zero attached hydrogens (tertiary/aromatic N) is 1. The first-order chi connectivity index (χ1) is 12.1. The van der Waals surface area contributed by atoms with Gasteiger partial charge in [-0.2, -0.15) is 11.8 Å². The first kappa shape index (κ1) is 21.2. The molecule has 0 aromatic heterocycles. The van der Waals surface area contributed by atoms with E-state index in [1.54, 1.807) is 7.11 Å². The quantitative estimate of drug-likeness (QED) is 0.337. The van der Waals surface area contributed by atoms with Crippen LogP contribution in [0.25, 0.3) is 0 Å². The van der Waals surface area contributed by atoms with Gasteiger partial charge in [-0.25, -0.2) is 4.99 Å². The third-order valence-electron chi connectivity index (χ3n) is 3.41. The predicted molar refractivity (Wildman–Crippen MR) is 108 cm³/mol. The van der Waals surface area contributed by atoms with Crippen molar-refractivity contribution in [3.8, 4) is 5.75 Å². The van der Waals surface area contributed by atoms with Gasteiger partial charge in [0.2, 0.25) is 5.91 Å². The van der Waals surface area contributed by atoms with Crippen LogP contribution < -0.4 is 20.7 Å². The highest BCUT2D eigenvalue weighted by atomic mass is 32.2. The number of aliphatic imine (C=N–C) groups is 1. The summed E-state index contributed by atoms with van der Waals surface area (Å²) in [7, 11) is 1.59. The molecule has 7 heteroatoms. The van der Waals surface area contributed by atoms with Gasteiger partial charge in [0.25, 0.3) is 0 Å². The number of anilines is 1. The highest BCUT2D eigenvalue weighted by molar-refractivity contribution is 7.98. The molecule has 0 unspecified atom stereocenters. The van der Waals surface area contributed by atoms with Crippen molar-refractivity contribution in [3.63, 3.8) is 0 Å². The molecular formula is C18H30N4O2S. The maximum absolute atomic E-state index is 11.3. The minimum Gasteiger partial charge on any atom is -0.495 e. The lowest BCUT2D eigenvalue weighted by Crippen LogP contribution is -2.37. The van der Waals surface area contributed by atoms with Crippen LogP contribution in [0.1, 0.15) is 32.3 Å². The van der Waals surface area contributed by atoms with E-state index in [4.69, 9.17) is 4.74 Å². The molecular weight excluding hydrogens is 336 g/mol. The number of methoxy groups -OCH3 is 1. The number of rotatable bonds is 10. The number of carbonyl (C=O) groups excluding carboxylic acids is 1. The van der Waals surface area contributed by atoms with Crippen molar-refractivity contribution in [2.24, 2.45) is 4.99 Å². The highest BCUT2D eigenvalue weighted by Crippen LogP contribution is 2.25. The molecule has 1 aromatic rings. The fraction of sp³-hybridized carbons (Fsp3) is 0.556. The Morgan fingerprint density at radius 2 is 2.08 bits per heavy atom. The molecule has 0 spiro atoms. The molecule has 140 valence electrons. The van der Waals surface area contributed by atoms with Crippen LogP contribution >= 0.6 is 11.8 Å². The average molecular weight is 367 g/mol. The van der Waals surface area contributed by atoms with Gasteiger partial charge in [-0.1, -0.05) is 6.07 Å². The molecule has 1 rings (SSSR count). The molecule has 25 heavy (non-hydrogen) atoms. The zero-order valence-corrected chi connectivity index (χ0v) is 16.5. The van der Waals surface area contributed by atoms with Crippen LogP contribution in [0.5, 0.6) is 5.75 Å². The lowest BCUT2D eigenvalue weighted by Gasteiger charge is -2.12.